The lowest BCUT2D eigenvalue weighted by Gasteiger charge is -2.03. The van der Waals surface area contributed by atoms with Crippen LogP contribution in [0.3, 0.4) is 0 Å². The Kier molecular flexibility index (Phi) is 8.46. The molecule has 0 aliphatic rings. The predicted octanol–water partition coefficient (Wildman–Crippen LogP) is 0.378. The summed E-state index contributed by atoms with van der Waals surface area (Å²) in [5.74, 6) is -5.14. The first-order valence-electron chi connectivity index (χ1n) is 5.96. The summed E-state index contributed by atoms with van der Waals surface area (Å²) in [6.45, 7) is 8.07. The maximum Gasteiger partial charge on any atom is 0.338 e. The lowest BCUT2D eigenvalue weighted by molar-refractivity contribution is -0.157. The highest BCUT2D eigenvalue weighted by Crippen LogP contribution is 2.03. The van der Waals surface area contributed by atoms with Crippen LogP contribution in [0.1, 0.15) is 13.3 Å². The van der Waals surface area contributed by atoms with Crippen LogP contribution >= 0.6 is 0 Å². The van der Waals surface area contributed by atoms with E-state index in [4.69, 9.17) is 0 Å². The second kappa shape index (κ2) is 9.81. The number of hydrogen-bond donors (Lipinski definition) is 0. The van der Waals surface area contributed by atoms with Crippen LogP contribution in [-0.2, 0) is 38.2 Å². The lowest BCUT2D eigenvalue weighted by atomic mass is 10.2. The van der Waals surface area contributed by atoms with Gasteiger partial charge in [0.15, 0.2) is 0 Å². The summed E-state index contributed by atoms with van der Waals surface area (Å²) in [6, 6.07) is 0. The molecule has 0 saturated heterocycles. The van der Waals surface area contributed by atoms with Crippen molar-refractivity contribution in [3.05, 3.63) is 37.0 Å². The average Bonchev–Trinajstić information content (AvgIpc) is 2.44. The normalized spacial score (nSPS) is 9.68. The fraction of sp³-hybridized carbons (Fsp3) is 0.214. The summed E-state index contributed by atoms with van der Waals surface area (Å²) in [5, 5.41) is 0. The summed E-state index contributed by atoms with van der Waals surface area (Å²) in [7, 11) is 0. The first-order chi connectivity index (χ1) is 10.3. The van der Waals surface area contributed by atoms with E-state index in [9.17, 15) is 24.0 Å². The van der Waals surface area contributed by atoms with Gasteiger partial charge in [0.25, 0.3) is 0 Å². The van der Waals surface area contributed by atoms with E-state index in [0.717, 1.165) is 6.08 Å². The smallest absolute Gasteiger partial charge is 0.338 e. The summed E-state index contributed by atoms with van der Waals surface area (Å²) in [4.78, 5) is 55.4. The molecule has 0 heterocycles. The van der Waals surface area contributed by atoms with Crippen molar-refractivity contribution in [2.24, 2.45) is 0 Å². The topological polar surface area (TPSA) is 113 Å². The lowest BCUT2D eigenvalue weighted by Crippen LogP contribution is -2.15. The van der Waals surface area contributed by atoms with Gasteiger partial charge in [-0.2, -0.15) is 0 Å². The van der Waals surface area contributed by atoms with Crippen molar-refractivity contribution >= 4 is 29.8 Å². The Labute approximate surface area is 126 Å². The van der Waals surface area contributed by atoms with Crippen LogP contribution in [0.4, 0.5) is 0 Å². The molecule has 0 fully saturated rings. The molecule has 0 amide bonds. The van der Waals surface area contributed by atoms with Crippen LogP contribution < -0.4 is 0 Å². The summed E-state index contributed by atoms with van der Waals surface area (Å²) < 4.78 is 13.0. The van der Waals surface area contributed by atoms with E-state index in [1.54, 1.807) is 6.92 Å². The molecule has 0 aromatic carbocycles. The van der Waals surface area contributed by atoms with E-state index < -0.39 is 36.3 Å². The van der Waals surface area contributed by atoms with Gasteiger partial charge in [-0.1, -0.05) is 13.2 Å². The maximum atomic E-state index is 11.3. The minimum atomic E-state index is -1.18. The fourth-order valence-electron chi connectivity index (χ4n) is 0.973. The molecule has 0 unspecified atom stereocenters. The van der Waals surface area contributed by atoms with Gasteiger partial charge in [0.05, 0.1) is 13.0 Å². The molecule has 0 N–H and O–H groups in total. The van der Waals surface area contributed by atoms with Crippen molar-refractivity contribution in [3.8, 4) is 0 Å². The van der Waals surface area contributed by atoms with Gasteiger partial charge in [-0.3, -0.25) is 4.79 Å². The molecule has 0 aliphatic heterocycles. The van der Waals surface area contributed by atoms with Crippen LogP contribution in [0, 0.1) is 0 Å². The van der Waals surface area contributed by atoms with E-state index in [1.807, 2.05) is 0 Å². The zero-order valence-electron chi connectivity index (χ0n) is 11.8. The molecule has 0 aromatic rings. The third-order valence-corrected chi connectivity index (χ3v) is 1.86. The Morgan fingerprint density at radius 2 is 1.50 bits per heavy atom. The van der Waals surface area contributed by atoms with E-state index in [-0.39, 0.29) is 12.2 Å². The van der Waals surface area contributed by atoms with E-state index in [0.29, 0.717) is 12.2 Å². The molecule has 0 atom stereocenters. The molecule has 0 radical (unpaired) electrons. The molecule has 118 valence electrons. The zero-order valence-corrected chi connectivity index (χ0v) is 11.8. The molecule has 0 aliphatic carbocycles. The van der Waals surface area contributed by atoms with Crippen molar-refractivity contribution < 1.29 is 38.2 Å². The van der Waals surface area contributed by atoms with E-state index >= 15 is 0 Å². The monoisotopic (exact) mass is 310 g/mol. The van der Waals surface area contributed by atoms with Gasteiger partial charge in [-0.15, -0.1) is 0 Å². The Balaban J connectivity index is 4.31. The number of carbonyl (C=O) groups excluding carboxylic acids is 5. The zero-order chi connectivity index (χ0) is 17.1. The van der Waals surface area contributed by atoms with Crippen molar-refractivity contribution in [3.63, 3.8) is 0 Å². The van der Waals surface area contributed by atoms with Crippen molar-refractivity contribution in [2.45, 2.75) is 13.3 Å². The standard InChI is InChI=1S/C14H14O8/c1-4-10(15)21-11(16)6-7-12(17)22-13(18)8-9(3)14(19)20-5-2/h4,6-7H,1,3,5,8H2,2H3/b7-6-. The SMILES string of the molecule is C=CC(=O)OC(=O)/C=C\C(=O)OC(=O)CC(=C)C(=O)OCC. The van der Waals surface area contributed by atoms with Crippen LogP contribution in [-0.4, -0.2) is 36.5 Å². The molecule has 0 saturated carbocycles. The second-order valence-electron chi connectivity index (χ2n) is 3.57. The molecule has 0 rings (SSSR count). The van der Waals surface area contributed by atoms with Gasteiger partial charge in [-0.05, 0) is 6.92 Å². The Morgan fingerprint density at radius 1 is 0.955 bits per heavy atom. The average molecular weight is 310 g/mol. The number of hydrogen-bond acceptors (Lipinski definition) is 8. The summed E-state index contributed by atoms with van der Waals surface area (Å²) in [5.41, 5.74) is -0.181. The molecule has 22 heavy (non-hydrogen) atoms. The third kappa shape index (κ3) is 8.20. The van der Waals surface area contributed by atoms with Crippen LogP contribution in [0.2, 0.25) is 0 Å². The van der Waals surface area contributed by atoms with Crippen LogP contribution in [0.25, 0.3) is 0 Å². The quantitative estimate of drug-likeness (QED) is 0.287. The van der Waals surface area contributed by atoms with Crippen molar-refractivity contribution in [2.75, 3.05) is 6.61 Å². The highest BCUT2D eigenvalue weighted by atomic mass is 16.6. The molecular formula is C14H14O8. The molecular weight excluding hydrogens is 296 g/mol. The van der Waals surface area contributed by atoms with E-state index in [2.05, 4.69) is 27.4 Å². The minimum absolute atomic E-state index is 0.111. The van der Waals surface area contributed by atoms with Gasteiger partial charge >= 0.3 is 29.8 Å². The van der Waals surface area contributed by atoms with Gasteiger partial charge in [-0.25, -0.2) is 19.2 Å². The predicted molar refractivity (Wildman–Crippen MR) is 71.9 cm³/mol. The van der Waals surface area contributed by atoms with Crippen molar-refractivity contribution in [1.82, 2.24) is 0 Å². The van der Waals surface area contributed by atoms with Crippen molar-refractivity contribution in [1.29, 1.82) is 0 Å². The molecule has 0 aromatic heterocycles. The van der Waals surface area contributed by atoms with Gasteiger partial charge < -0.3 is 14.2 Å². The fourth-order valence-corrected chi connectivity index (χ4v) is 0.973. The second-order valence-corrected chi connectivity index (χ2v) is 3.57. The van der Waals surface area contributed by atoms with Crippen LogP contribution in [0.15, 0.2) is 37.0 Å². The third-order valence-electron chi connectivity index (χ3n) is 1.86. The Hall–Kier alpha value is -3.03. The van der Waals surface area contributed by atoms with Crippen LogP contribution in [0.5, 0.6) is 0 Å². The number of rotatable bonds is 7. The largest absolute Gasteiger partial charge is 0.463 e. The molecule has 0 spiro atoms. The maximum absolute atomic E-state index is 11.3. The molecule has 8 nitrogen and oxygen atoms in total. The highest BCUT2D eigenvalue weighted by molar-refractivity contribution is 6.01. The number of ether oxygens (including phenoxy) is 3. The summed E-state index contributed by atoms with van der Waals surface area (Å²) in [6.07, 6.45) is 1.40. The summed E-state index contributed by atoms with van der Waals surface area (Å²) >= 11 is 0. The van der Waals surface area contributed by atoms with Gasteiger partial charge in [0, 0.05) is 23.8 Å². The Morgan fingerprint density at radius 3 is 2.00 bits per heavy atom. The van der Waals surface area contributed by atoms with Gasteiger partial charge in [0.2, 0.25) is 0 Å². The first-order valence-corrected chi connectivity index (χ1v) is 5.96. The number of esters is 5. The highest BCUT2D eigenvalue weighted by Gasteiger charge is 2.16. The minimum Gasteiger partial charge on any atom is -0.463 e. The Bertz CT molecular complexity index is 541. The first kappa shape index (κ1) is 19.0. The number of carbonyl (C=O) groups is 5. The molecule has 8 heteroatoms. The molecule has 0 bridgehead atoms. The van der Waals surface area contributed by atoms with E-state index in [1.165, 1.54) is 0 Å². The van der Waals surface area contributed by atoms with Gasteiger partial charge in [0.1, 0.15) is 0 Å².